The molecule has 0 saturated carbocycles. The van der Waals surface area contributed by atoms with Crippen LogP contribution in [0.2, 0.25) is 0 Å². The predicted octanol–water partition coefficient (Wildman–Crippen LogP) is 2.62. The molecule has 1 aromatic carbocycles. The Morgan fingerprint density at radius 3 is 2.61 bits per heavy atom. The van der Waals surface area contributed by atoms with E-state index in [4.69, 9.17) is 0 Å². The van der Waals surface area contributed by atoms with E-state index in [1.54, 1.807) is 0 Å². The third-order valence-corrected chi connectivity index (χ3v) is 3.47. The fraction of sp³-hybridized carbons (Fsp3) is 0.400. The Balaban J connectivity index is 1.84. The molecule has 1 unspecified atom stereocenters. The van der Waals surface area contributed by atoms with Crippen LogP contribution in [0.15, 0.2) is 36.5 Å². The topological polar surface area (TPSA) is 29.9 Å². The summed E-state index contributed by atoms with van der Waals surface area (Å²) >= 11 is 0. The standard InChI is InChI=1S/C15H21N3/c1-12(14-7-5-4-6-8-14)9-16-10-15-11-17-18(3)13(15)2/h4-8,11-12,16H,9-10H2,1-3H3. The lowest BCUT2D eigenvalue weighted by molar-refractivity contribution is 0.613. The van der Waals surface area contributed by atoms with Crippen molar-refractivity contribution in [2.24, 2.45) is 7.05 Å². The van der Waals surface area contributed by atoms with Crippen molar-refractivity contribution < 1.29 is 0 Å². The van der Waals surface area contributed by atoms with Gasteiger partial charge in [-0.3, -0.25) is 4.68 Å². The average molecular weight is 243 g/mol. The molecule has 0 bridgehead atoms. The third kappa shape index (κ3) is 2.99. The normalized spacial score (nSPS) is 12.6. The van der Waals surface area contributed by atoms with Gasteiger partial charge in [-0.05, 0) is 18.4 Å². The number of aromatic nitrogens is 2. The van der Waals surface area contributed by atoms with Gasteiger partial charge in [-0.2, -0.15) is 5.10 Å². The first-order valence-electron chi connectivity index (χ1n) is 6.41. The second kappa shape index (κ2) is 5.83. The number of aryl methyl sites for hydroxylation is 1. The molecule has 0 radical (unpaired) electrons. The van der Waals surface area contributed by atoms with Gasteiger partial charge in [0, 0.05) is 31.4 Å². The summed E-state index contributed by atoms with van der Waals surface area (Å²) in [4.78, 5) is 0. The van der Waals surface area contributed by atoms with Gasteiger partial charge in [-0.15, -0.1) is 0 Å². The zero-order valence-corrected chi connectivity index (χ0v) is 11.4. The first kappa shape index (κ1) is 12.8. The van der Waals surface area contributed by atoms with Gasteiger partial charge in [-0.25, -0.2) is 0 Å². The molecule has 2 rings (SSSR count). The fourth-order valence-electron chi connectivity index (χ4n) is 2.04. The predicted molar refractivity (Wildman–Crippen MR) is 74.5 cm³/mol. The van der Waals surface area contributed by atoms with Crippen molar-refractivity contribution in [1.82, 2.24) is 15.1 Å². The largest absolute Gasteiger partial charge is 0.312 e. The molecule has 3 heteroatoms. The van der Waals surface area contributed by atoms with Crippen LogP contribution in [0, 0.1) is 6.92 Å². The summed E-state index contributed by atoms with van der Waals surface area (Å²) in [6.07, 6.45) is 1.94. The maximum absolute atomic E-state index is 4.25. The van der Waals surface area contributed by atoms with Crippen LogP contribution in [0.5, 0.6) is 0 Å². The average Bonchev–Trinajstić information content (AvgIpc) is 2.71. The van der Waals surface area contributed by atoms with Crippen LogP contribution in [-0.2, 0) is 13.6 Å². The minimum Gasteiger partial charge on any atom is -0.312 e. The maximum Gasteiger partial charge on any atom is 0.0537 e. The van der Waals surface area contributed by atoms with Crippen molar-refractivity contribution in [1.29, 1.82) is 0 Å². The minimum absolute atomic E-state index is 0.531. The first-order valence-corrected chi connectivity index (χ1v) is 6.41. The summed E-state index contributed by atoms with van der Waals surface area (Å²) in [6, 6.07) is 10.6. The van der Waals surface area contributed by atoms with Gasteiger partial charge in [0.05, 0.1) is 6.20 Å². The summed E-state index contributed by atoms with van der Waals surface area (Å²) < 4.78 is 1.91. The highest BCUT2D eigenvalue weighted by Gasteiger charge is 2.06. The fourth-order valence-corrected chi connectivity index (χ4v) is 2.04. The van der Waals surface area contributed by atoms with Crippen LogP contribution in [-0.4, -0.2) is 16.3 Å². The minimum atomic E-state index is 0.531. The van der Waals surface area contributed by atoms with Crippen LogP contribution in [0.4, 0.5) is 0 Å². The number of hydrogen-bond acceptors (Lipinski definition) is 2. The lowest BCUT2D eigenvalue weighted by Crippen LogP contribution is -2.19. The molecule has 0 aliphatic heterocycles. The van der Waals surface area contributed by atoms with Gasteiger partial charge < -0.3 is 5.32 Å². The number of nitrogens with zero attached hydrogens (tertiary/aromatic N) is 2. The van der Waals surface area contributed by atoms with Gasteiger partial charge in [0.1, 0.15) is 0 Å². The zero-order valence-electron chi connectivity index (χ0n) is 11.4. The van der Waals surface area contributed by atoms with Crippen LogP contribution in [0.3, 0.4) is 0 Å². The first-order chi connectivity index (χ1) is 8.68. The Labute approximate surface area is 109 Å². The number of benzene rings is 1. The molecular weight excluding hydrogens is 222 g/mol. The Hall–Kier alpha value is -1.61. The molecule has 0 fully saturated rings. The van der Waals surface area contributed by atoms with E-state index in [0.29, 0.717) is 5.92 Å². The van der Waals surface area contributed by atoms with E-state index in [0.717, 1.165) is 13.1 Å². The van der Waals surface area contributed by atoms with Crippen molar-refractivity contribution >= 4 is 0 Å². The smallest absolute Gasteiger partial charge is 0.0537 e. The quantitative estimate of drug-likeness (QED) is 0.875. The van der Waals surface area contributed by atoms with Crippen molar-refractivity contribution in [3.63, 3.8) is 0 Å². The highest BCUT2D eigenvalue weighted by Crippen LogP contribution is 2.13. The molecule has 0 aliphatic rings. The molecule has 0 amide bonds. The van der Waals surface area contributed by atoms with Gasteiger partial charge >= 0.3 is 0 Å². The van der Waals surface area contributed by atoms with Gasteiger partial charge in [0.15, 0.2) is 0 Å². The summed E-state index contributed by atoms with van der Waals surface area (Å²) in [6.45, 7) is 6.22. The molecule has 2 aromatic rings. The van der Waals surface area contributed by atoms with Crippen LogP contribution in [0.25, 0.3) is 0 Å². The van der Waals surface area contributed by atoms with Gasteiger partial charge in [-0.1, -0.05) is 37.3 Å². The summed E-state index contributed by atoms with van der Waals surface area (Å²) in [5, 5.41) is 7.75. The Bertz CT molecular complexity index is 488. The van der Waals surface area contributed by atoms with Crippen LogP contribution < -0.4 is 5.32 Å². The highest BCUT2D eigenvalue weighted by molar-refractivity contribution is 5.19. The molecule has 1 atom stereocenters. The van der Waals surface area contributed by atoms with Crippen LogP contribution >= 0.6 is 0 Å². The van der Waals surface area contributed by atoms with E-state index >= 15 is 0 Å². The molecule has 1 heterocycles. The van der Waals surface area contributed by atoms with Crippen LogP contribution in [0.1, 0.15) is 29.7 Å². The molecule has 0 aliphatic carbocycles. The number of nitrogens with one attached hydrogen (secondary N) is 1. The molecule has 18 heavy (non-hydrogen) atoms. The van der Waals surface area contributed by atoms with Gasteiger partial charge in [0.2, 0.25) is 0 Å². The third-order valence-electron chi connectivity index (χ3n) is 3.47. The molecule has 96 valence electrons. The molecule has 3 nitrogen and oxygen atoms in total. The lowest BCUT2D eigenvalue weighted by Gasteiger charge is -2.12. The monoisotopic (exact) mass is 243 g/mol. The Morgan fingerprint density at radius 1 is 1.28 bits per heavy atom. The van der Waals surface area contributed by atoms with Crippen molar-refractivity contribution in [3.8, 4) is 0 Å². The van der Waals surface area contributed by atoms with E-state index in [-0.39, 0.29) is 0 Å². The molecule has 1 N–H and O–H groups in total. The summed E-state index contributed by atoms with van der Waals surface area (Å²) in [7, 11) is 1.98. The Morgan fingerprint density at radius 2 is 2.00 bits per heavy atom. The molecule has 0 saturated heterocycles. The van der Waals surface area contributed by atoms with Gasteiger partial charge in [0.25, 0.3) is 0 Å². The van der Waals surface area contributed by atoms with E-state index in [9.17, 15) is 0 Å². The lowest BCUT2D eigenvalue weighted by atomic mass is 10.0. The zero-order chi connectivity index (χ0) is 13.0. The van der Waals surface area contributed by atoms with Crippen molar-refractivity contribution in [3.05, 3.63) is 53.3 Å². The molecule has 0 spiro atoms. The van der Waals surface area contributed by atoms with Crippen molar-refractivity contribution in [2.45, 2.75) is 26.3 Å². The summed E-state index contributed by atoms with van der Waals surface area (Å²) in [5.74, 6) is 0.531. The van der Waals surface area contributed by atoms with E-state index < -0.39 is 0 Å². The molecule has 1 aromatic heterocycles. The van der Waals surface area contributed by atoms with E-state index in [2.05, 4.69) is 54.6 Å². The highest BCUT2D eigenvalue weighted by atomic mass is 15.3. The number of rotatable bonds is 5. The molecular formula is C15H21N3. The SMILES string of the molecule is Cc1c(CNCC(C)c2ccccc2)cnn1C. The maximum atomic E-state index is 4.25. The van der Waals surface area contributed by atoms with E-state index in [1.165, 1.54) is 16.8 Å². The summed E-state index contributed by atoms with van der Waals surface area (Å²) in [5.41, 5.74) is 3.89. The second-order valence-corrected chi connectivity index (χ2v) is 4.82. The van der Waals surface area contributed by atoms with Crippen molar-refractivity contribution in [2.75, 3.05) is 6.54 Å². The Kier molecular flexibility index (Phi) is 4.15. The number of hydrogen-bond donors (Lipinski definition) is 1. The second-order valence-electron chi connectivity index (χ2n) is 4.82. The van der Waals surface area contributed by atoms with E-state index in [1.807, 2.05) is 17.9 Å².